The van der Waals surface area contributed by atoms with Gasteiger partial charge in [-0.3, -0.25) is 4.90 Å². The van der Waals surface area contributed by atoms with Gasteiger partial charge in [0.05, 0.1) is 28.9 Å². The van der Waals surface area contributed by atoms with E-state index in [1.54, 1.807) is 0 Å². The molecule has 1 fully saturated rings. The lowest BCUT2D eigenvalue weighted by molar-refractivity contribution is -0.193. The van der Waals surface area contributed by atoms with E-state index in [0.717, 1.165) is 17.6 Å². The predicted molar refractivity (Wildman–Crippen MR) is 107 cm³/mol. The fourth-order valence-corrected chi connectivity index (χ4v) is 4.00. The Hall–Kier alpha value is -2.88. The van der Waals surface area contributed by atoms with Crippen LogP contribution in [0.2, 0.25) is 0 Å². The molecule has 0 radical (unpaired) electrons. The van der Waals surface area contributed by atoms with Crippen LogP contribution >= 0.6 is 0 Å². The number of hydrogen-bond donors (Lipinski definition) is 2. The molecule has 0 spiro atoms. The van der Waals surface area contributed by atoms with Gasteiger partial charge in [-0.25, -0.2) is 23.0 Å². The zero-order valence-electron chi connectivity index (χ0n) is 17.5. The predicted octanol–water partition coefficient (Wildman–Crippen LogP) is 2.59. The summed E-state index contributed by atoms with van der Waals surface area (Å²) in [4.78, 5) is 24.4. The largest absolute Gasteiger partial charge is 0.490 e. The van der Waals surface area contributed by atoms with Crippen LogP contribution in [0.5, 0.6) is 0 Å². The van der Waals surface area contributed by atoms with Gasteiger partial charge < -0.3 is 14.8 Å². The molecule has 192 valence electrons. The molecule has 9 nitrogen and oxygen atoms in total. The normalized spacial score (nSPS) is 17.0. The molecule has 1 aliphatic heterocycles. The molecule has 1 atom stereocenters. The summed E-state index contributed by atoms with van der Waals surface area (Å²) in [6.45, 7) is 4.28. The third-order valence-corrected chi connectivity index (χ3v) is 6.01. The summed E-state index contributed by atoms with van der Waals surface area (Å²) in [5.74, 6) is -4.95. The molecule has 0 amide bonds. The minimum atomic E-state index is -5.08. The first-order valence-corrected chi connectivity index (χ1v) is 11.2. The fraction of sp³-hybridized carbons (Fsp3) is 0.500. The van der Waals surface area contributed by atoms with Crippen LogP contribution < -0.4 is 0 Å². The molecule has 0 aliphatic carbocycles. The van der Waals surface area contributed by atoms with E-state index in [1.165, 1.54) is 0 Å². The van der Waals surface area contributed by atoms with Gasteiger partial charge >= 0.3 is 24.3 Å². The Balaban J connectivity index is 0.000000343. The highest BCUT2D eigenvalue weighted by Gasteiger charge is 2.38. The third kappa shape index (κ3) is 9.54. The lowest BCUT2D eigenvalue weighted by Gasteiger charge is -2.29. The van der Waals surface area contributed by atoms with E-state index in [4.69, 9.17) is 19.8 Å². The monoisotopic (exact) mass is 521 g/mol. The zero-order valence-corrected chi connectivity index (χ0v) is 18.4. The second kappa shape index (κ2) is 11.5. The Bertz CT molecular complexity index is 1050. The second-order valence-electron chi connectivity index (χ2n) is 7.05. The number of para-hydroxylation sites is 2. The Morgan fingerprint density at radius 3 is 1.88 bits per heavy atom. The Labute approximate surface area is 189 Å². The molecule has 1 aliphatic rings. The Morgan fingerprint density at radius 1 is 1.00 bits per heavy atom. The van der Waals surface area contributed by atoms with Crippen LogP contribution in [0.1, 0.15) is 13.0 Å². The first-order valence-electron chi connectivity index (χ1n) is 9.38. The molecule has 3 rings (SSSR count). The van der Waals surface area contributed by atoms with Gasteiger partial charge in [0, 0.05) is 25.7 Å². The first kappa shape index (κ1) is 29.2. The molecule has 2 N–H and O–H groups in total. The number of imidazole rings is 1. The molecular weight excluding hydrogens is 500 g/mol. The molecule has 0 bridgehead atoms. The highest BCUT2D eigenvalue weighted by molar-refractivity contribution is 7.91. The Kier molecular flexibility index (Phi) is 9.86. The summed E-state index contributed by atoms with van der Waals surface area (Å²) in [6, 6.07) is 8.36. The number of halogens is 6. The topological polar surface area (TPSA) is 130 Å². The summed E-state index contributed by atoms with van der Waals surface area (Å²) in [6.07, 6.45) is -8.30. The molecular formula is C18H21F6N3O6S. The number of aromatic nitrogens is 2. The van der Waals surface area contributed by atoms with Crippen LogP contribution in [0.15, 0.2) is 30.6 Å². The van der Waals surface area contributed by atoms with Gasteiger partial charge in [-0.15, -0.1) is 0 Å². The minimum Gasteiger partial charge on any atom is -0.475 e. The van der Waals surface area contributed by atoms with E-state index in [2.05, 4.69) is 27.4 Å². The lowest BCUT2D eigenvalue weighted by Crippen LogP contribution is -2.42. The van der Waals surface area contributed by atoms with Crippen molar-refractivity contribution in [3.05, 3.63) is 30.6 Å². The van der Waals surface area contributed by atoms with Crippen LogP contribution in [0, 0.1) is 0 Å². The van der Waals surface area contributed by atoms with Crippen LogP contribution in [-0.4, -0.2) is 88.5 Å². The SMILES string of the molecule is CC(CN1CCS(=O)(=O)CC1)n1cnc2ccccc21.O=C(O)C(F)(F)F.O=C(O)C(F)(F)F. The molecule has 34 heavy (non-hydrogen) atoms. The molecule has 1 aromatic heterocycles. The third-order valence-electron chi connectivity index (χ3n) is 4.40. The van der Waals surface area contributed by atoms with Crippen molar-refractivity contribution in [2.45, 2.75) is 25.3 Å². The number of carbonyl (C=O) groups is 2. The number of carboxylic acids is 2. The maximum absolute atomic E-state index is 11.4. The minimum absolute atomic E-state index is 0.281. The van der Waals surface area contributed by atoms with Crippen molar-refractivity contribution in [2.75, 3.05) is 31.1 Å². The van der Waals surface area contributed by atoms with Gasteiger partial charge in [-0.2, -0.15) is 26.3 Å². The first-order chi connectivity index (χ1) is 15.4. The van der Waals surface area contributed by atoms with Crippen molar-refractivity contribution in [3.63, 3.8) is 0 Å². The number of alkyl halides is 6. The molecule has 1 saturated heterocycles. The van der Waals surface area contributed by atoms with E-state index >= 15 is 0 Å². The molecule has 2 heterocycles. The highest BCUT2D eigenvalue weighted by atomic mass is 32.2. The smallest absolute Gasteiger partial charge is 0.475 e. The van der Waals surface area contributed by atoms with E-state index in [1.807, 2.05) is 24.5 Å². The summed E-state index contributed by atoms with van der Waals surface area (Å²) in [7, 11) is -2.80. The summed E-state index contributed by atoms with van der Waals surface area (Å²) in [5.41, 5.74) is 2.13. The number of sulfone groups is 1. The van der Waals surface area contributed by atoms with Crippen LogP contribution in [-0.2, 0) is 19.4 Å². The van der Waals surface area contributed by atoms with Crippen molar-refractivity contribution in [3.8, 4) is 0 Å². The number of nitrogens with zero attached hydrogens (tertiary/aromatic N) is 3. The van der Waals surface area contributed by atoms with Crippen LogP contribution in [0.25, 0.3) is 11.0 Å². The fourth-order valence-electron chi connectivity index (χ4n) is 2.72. The molecule has 2 aromatic rings. The summed E-state index contributed by atoms with van der Waals surface area (Å²) < 4.78 is 88.5. The quantitative estimate of drug-likeness (QED) is 0.590. The lowest BCUT2D eigenvalue weighted by atomic mass is 10.2. The van der Waals surface area contributed by atoms with E-state index in [-0.39, 0.29) is 17.5 Å². The van der Waals surface area contributed by atoms with Gasteiger partial charge in [0.1, 0.15) is 0 Å². The van der Waals surface area contributed by atoms with Crippen molar-refractivity contribution in [1.82, 2.24) is 14.5 Å². The number of rotatable bonds is 3. The maximum atomic E-state index is 11.4. The van der Waals surface area contributed by atoms with Gasteiger partial charge in [-0.05, 0) is 19.1 Å². The van der Waals surface area contributed by atoms with Crippen LogP contribution in [0.4, 0.5) is 26.3 Å². The maximum Gasteiger partial charge on any atom is 0.490 e. The zero-order chi connectivity index (χ0) is 26.3. The molecule has 0 saturated carbocycles. The van der Waals surface area contributed by atoms with Crippen molar-refractivity contribution in [1.29, 1.82) is 0 Å². The summed E-state index contributed by atoms with van der Waals surface area (Å²) in [5, 5.41) is 14.2. The van der Waals surface area contributed by atoms with Crippen molar-refractivity contribution >= 4 is 32.8 Å². The number of carboxylic acid groups (broad SMARTS) is 2. The van der Waals surface area contributed by atoms with Gasteiger partial charge in [0.2, 0.25) is 0 Å². The molecule has 1 aromatic carbocycles. The van der Waals surface area contributed by atoms with Gasteiger partial charge in [-0.1, -0.05) is 12.1 Å². The summed E-state index contributed by atoms with van der Waals surface area (Å²) >= 11 is 0. The van der Waals surface area contributed by atoms with Crippen molar-refractivity contribution < 1.29 is 54.6 Å². The average molecular weight is 521 g/mol. The number of aliphatic carboxylic acids is 2. The van der Waals surface area contributed by atoms with E-state index < -0.39 is 34.1 Å². The number of hydrogen-bond acceptors (Lipinski definition) is 6. The van der Waals surface area contributed by atoms with E-state index in [9.17, 15) is 34.8 Å². The molecule has 1 unspecified atom stereocenters. The number of fused-ring (bicyclic) bond motifs is 1. The average Bonchev–Trinajstić information content (AvgIpc) is 3.13. The highest BCUT2D eigenvalue weighted by Crippen LogP contribution is 2.19. The van der Waals surface area contributed by atoms with Crippen molar-refractivity contribution in [2.24, 2.45) is 0 Å². The standard InChI is InChI=1S/C14H19N3O2S.2C2HF3O2/c1-12(10-16-6-8-20(18,19)9-7-16)17-11-15-13-4-2-3-5-14(13)17;2*3-2(4,5)1(6)7/h2-5,11-12H,6-10H2,1H3;2*(H,6,7). The van der Waals surface area contributed by atoms with Gasteiger partial charge in [0.15, 0.2) is 9.84 Å². The second-order valence-corrected chi connectivity index (χ2v) is 9.35. The van der Waals surface area contributed by atoms with Crippen LogP contribution in [0.3, 0.4) is 0 Å². The molecule has 16 heteroatoms. The van der Waals surface area contributed by atoms with E-state index in [0.29, 0.717) is 13.1 Å². The van der Waals surface area contributed by atoms with Gasteiger partial charge in [0.25, 0.3) is 0 Å². The number of benzene rings is 1. The Morgan fingerprint density at radius 2 is 1.44 bits per heavy atom.